The lowest BCUT2D eigenvalue weighted by atomic mass is 10.1. The van der Waals surface area contributed by atoms with E-state index in [1.54, 1.807) is 0 Å². The second-order valence-corrected chi connectivity index (χ2v) is 4.85. The predicted molar refractivity (Wildman–Crippen MR) is 79.4 cm³/mol. The van der Waals surface area contributed by atoms with Crippen molar-refractivity contribution >= 4 is 0 Å². The van der Waals surface area contributed by atoms with Crippen LogP contribution < -0.4 is 5.32 Å². The third kappa shape index (κ3) is 4.22. The van der Waals surface area contributed by atoms with E-state index >= 15 is 0 Å². The van der Waals surface area contributed by atoms with E-state index in [0.717, 1.165) is 43.7 Å². The van der Waals surface area contributed by atoms with E-state index in [1.807, 2.05) is 30.6 Å². The summed E-state index contributed by atoms with van der Waals surface area (Å²) < 4.78 is 2.06. The molecule has 4 nitrogen and oxygen atoms in total. The van der Waals surface area contributed by atoms with Gasteiger partial charge < -0.3 is 9.88 Å². The number of hydrogen-bond donors (Lipinski definition) is 1. The van der Waals surface area contributed by atoms with Gasteiger partial charge in [-0.25, -0.2) is 4.98 Å². The van der Waals surface area contributed by atoms with Crippen LogP contribution in [0, 0.1) is 11.3 Å². The molecule has 0 saturated heterocycles. The number of imidazole rings is 1. The number of aromatic nitrogens is 2. The monoisotopic (exact) mass is 268 g/mol. The predicted octanol–water partition coefficient (Wildman–Crippen LogP) is 2.35. The van der Waals surface area contributed by atoms with E-state index in [2.05, 4.69) is 34.1 Å². The van der Waals surface area contributed by atoms with Crippen LogP contribution in [0.15, 0.2) is 36.8 Å². The van der Waals surface area contributed by atoms with Crippen molar-refractivity contribution < 1.29 is 0 Å². The molecule has 0 fully saturated rings. The van der Waals surface area contributed by atoms with Crippen molar-refractivity contribution in [3.63, 3.8) is 0 Å². The van der Waals surface area contributed by atoms with Crippen LogP contribution in [0.25, 0.3) is 0 Å². The number of nitriles is 1. The lowest BCUT2D eigenvalue weighted by Crippen LogP contribution is -2.17. The highest BCUT2D eigenvalue weighted by atomic mass is 15.0. The topological polar surface area (TPSA) is 53.6 Å². The Morgan fingerprint density at radius 2 is 2.25 bits per heavy atom. The fourth-order valence-corrected chi connectivity index (χ4v) is 2.09. The standard InChI is InChI=1S/C16H20N4/c1-2-7-18-8-6-16-12-20(13-19-16)11-15-5-3-4-14(9-15)10-17/h3-5,9,12-13,18H,2,6-8,11H2,1H3. The number of benzene rings is 1. The Kier molecular flexibility index (Phi) is 5.33. The average Bonchev–Trinajstić information content (AvgIpc) is 2.91. The molecule has 0 aliphatic carbocycles. The quantitative estimate of drug-likeness (QED) is 0.784. The highest BCUT2D eigenvalue weighted by Gasteiger charge is 2.01. The number of rotatable bonds is 7. The van der Waals surface area contributed by atoms with Crippen molar-refractivity contribution in [2.24, 2.45) is 0 Å². The van der Waals surface area contributed by atoms with Crippen LogP contribution >= 0.6 is 0 Å². The first kappa shape index (κ1) is 14.3. The number of nitrogens with zero attached hydrogens (tertiary/aromatic N) is 3. The maximum atomic E-state index is 8.90. The Labute approximate surface area is 120 Å². The molecule has 104 valence electrons. The van der Waals surface area contributed by atoms with Gasteiger partial charge in [-0.2, -0.15) is 5.26 Å². The van der Waals surface area contributed by atoms with Gasteiger partial charge in [0, 0.05) is 25.7 Å². The fraction of sp³-hybridized carbons (Fsp3) is 0.375. The average molecular weight is 268 g/mol. The Morgan fingerprint density at radius 1 is 1.35 bits per heavy atom. The molecular weight excluding hydrogens is 248 g/mol. The van der Waals surface area contributed by atoms with Crippen molar-refractivity contribution in [2.75, 3.05) is 13.1 Å². The molecule has 1 N–H and O–H groups in total. The van der Waals surface area contributed by atoms with Crippen LogP contribution in [0.4, 0.5) is 0 Å². The molecule has 0 amide bonds. The maximum absolute atomic E-state index is 8.90. The van der Waals surface area contributed by atoms with Gasteiger partial charge in [0.25, 0.3) is 0 Å². The van der Waals surface area contributed by atoms with E-state index in [9.17, 15) is 0 Å². The minimum Gasteiger partial charge on any atom is -0.333 e. The van der Waals surface area contributed by atoms with Crippen molar-refractivity contribution in [3.8, 4) is 6.07 Å². The Morgan fingerprint density at radius 3 is 3.05 bits per heavy atom. The van der Waals surface area contributed by atoms with E-state index < -0.39 is 0 Å². The van der Waals surface area contributed by atoms with Gasteiger partial charge >= 0.3 is 0 Å². The van der Waals surface area contributed by atoms with Gasteiger partial charge in [-0.1, -0.05) is 19.1 Å². The second-order valence-electron chi connectivity index (χ2n) is 4.85. The molecule has 0 aliphatic rings. The van der Waals surface area contributed by atoms with Gasteiger partial charge in [0.15, 0.2) is 0 Å². The van der Waals surface area contributed by atoms with Crippen LogP contribution in [0.3, 0.4) is 0 Å². The van der Waals surface area contributed by atoms with Crippen LogP contribution in [-0.4, -0.2) is 22.6 Å². The third-order valence-electron chi connectivity index (χ3n) is 3.09. The van der Waals surface area contributed by atoms with Crippen molar-refractivity contribution in [3.05, 3.63) is 53.6 Å². The van der Waals surface area contributed by atoms with Gasteiger partial charge in [0.2, 0.25) is 0 Å². The minimum absolute atomic E-state index is 0.701. The van der Waals surface area contributed by atoms with Gasteiger partial charge in [-0.3, -0.25) is 0 Å². The molecule has 0 saturated carbocycles. The summed E-state index contributed by atoms with van der Waals surface area (Å²) in [6.45, 7) is 4.94. The number of hydrogen-bond acceptors (Lipinski definition) is 3. The largest absolute Gasteiger partial charge is 0.333 e. The van der Waals surface area contributed by atoms with Crippen LogP contribution in [0.2, 0.25) is 0 Å². The molecule has 4 heteroatoms. The SMILES string of the molecule is CCCNCCc1cn(Cc2cccc(C#N)c2)cn1. The van der Waals surface area contributed by atoms with Crippen LogP contribution in [0.5, 0.6) is 0 Å². The maximum Gasteiger partial charge on any atom is 0.0991 e. The lowest BCUT2D eigenvalue weighted by molar-refractivity contribution is 0.666. The van der Waals surface area contributed by atoms with Crippen molar-refractivity contribution in [1.82, 2.24) is 14.9 Å². The Bertz CT molecular complexity index is 580. The van der Waals surface area contributed by atoms with Crippen molar-refractivity contribution in [1.29, 1.82) is 5.26 Å². The van der Waals surface area contributed by atoms with Crippen LogP contribution in [-0.2, 0) is 13.0 Å². The summed E-state index contributed by atoms with van der Waals surface area (Å²) in [5.41, 5.74) is 2.92. The van der Waals surface area contributed by atoms with Gasteiger partial charge in [-0.05, 0) is 30.7 Å². The molecular formula is C16H20N4. The summed E-state index contributed by atoms with van der Waals surface area (Å²) in [6.07, 6.45) is 6.04. The molecule has 2 rings (SSSR count). The molecule has 0 aliphatic heterocycles. The molecule has 0 bridgehead atoms. The zero-order valence-electron chi connectivity index (χ0n) is 11.8. The molecule has 0 spiro atoms. The first-order valence-corrected chi connectivity index (χ1v) is 7.02. The summed E-state index contributed by atoms with van der Waals surface area (Å²) in [4.78, 5) is 4.41. The summed E-state index contributed by atoms with van der Waals surface area (Å²) in [7, 11) is 0. The van der Waals surface area contributed by atoms with Crippen LogP contribution in [0.1, 0.15) is 30.2 Å². The lowest BCUT2D eigenvalue weighted by Gasteiger charge is -2.03. The Hall–Kier alpha value is -2.12. The highest BCUT2D eigenvalue weighted by molar-refractivity contribution is 5.32. The normalized spacial score (nSPS) is 10.4. The molecule has 0 radical (unpaired) electrons. The minimum atomic E-state index is 0.701. The van der Waals surface area contributed by atoms with Gasteiger partial charge in [-0.15, -0.1) is 0 Å². The van der Waals surface area contributed by atoms with E-state index in [-0.39, 0.29) is 0 Å². The molecule has 1 aromatic carbocycles. The molecule has 1 heterocycles. The highest BCUT2D eigenvalue weighted by Crippen LogP contribution is 2.07. The first-order valence-electron chi connectivity index (χ1n) is 7.02. The van der Waals surface area contributed by atoms with E-state index in [4.69, 9.17) is 5.26 Å². The second kappa shape index (κ2) is 7.46. The van der Waals surface area contributed by atoms with Gasteiger partial charge in [0.05, 0.1) is 23.7 Å². The Balaban J connectivity index is 1.90. The number of nitrogens with one attached hydrogen (secondary N) is 1. The van der Waals surface area contributed by atoms with E-state index in [0.29, 0.717) is 5.56 Å². The summed E-state index contributed by atoms with van der Waals surface area (Å²) in [5, 5.41) is 12.3. The molecule has 1 aromatic heterocycles. The third-order valence-corrected chi connectivity index (χ3v) is 3.09. The summed E-state index contributed by atoms with van der Waals surface area (Å²) in [6, 6.07) is 9.85. The smallest absolute Gasteiger partial charge is 0.0991 e. The zero-order valence-corrected chi connectivity index (χ0v) is 11.8. The molecule has 0 unspecified atom stereocenters. The summed E-state index contributed by atoms with van der Waals surface area (Å²) >= 11 is 0. The van der Waals surface area contributed by atoms with E-state index in [1.165, 1.54) is 0 Å². The molecule has 2 aromatic rings. The molecule has 20 heavy (non-hydrogen) atoms. The zero-order chi connectivity index (χ0) is 14.2. The van der Waals surface area contributed by atoms with Gasteiger partial charge in [0.1, 0.15) is 0 Å². The summed E-state index contributed by atoms with van der Waals surface area (Å²) in [5.74, 6) is 0. The fourth-order valence-electron chi connectivity index (χ4n) is 2.09. The first-order chi connectivity index (χ1) is 9.81. The molecule has 0 atom stereocenters. The van der Waals surface area contributed by atoms with Crippen molar-refractivity contribution in [2.45, 2.75) is 26.3 Å².